The first-order valence-corrected chi connectivity index (χ1v) is 7.42. The molecule has 1 fully saturated rings. The minimum Gasteiger partial charge on any atom is -0.345 e. The highest BCUT2D eigenvalue weighted by Crippen LogP contribution is 2.15. The Morgan fingerprint density at radius 1 is 1.32 bits per heavy atom. The molecule has 1 saturated heterocycles. The number of thiocarbonyl (C=S) groups is 1. The number of nitrogens with zero attached hydrogens (tertiary/aromatic N) is 2. The van der Waals surface area contributed by atoms with E-state index in [2.05, 4.69) is 41.2 Å². The van der Waals surface area contributed by atoms with Gasteiger partial charge in [-0.2, -0.15) is 0 Å². The quantitative estimate of drug-likeness (QED) is 0.838. The maximum atomic E-state index is 5.59. The Balaban J connectivity index is 2.03. The third-order valence-corrected chi connectivity index (χ3v) is 4.00. The number of nitrogens with one attached hydrogen (secondary N) is 1. The summed E-state index contributed by atoms with van der Waals surface area (Å²) in [5.41, 5.74) is 1.07. The van der Waals surface area contributed by atoms with E-state index < -0.39 is 0 Å². The van der Waals surface area contributed by atoms with Gasteiger partial charge in [0, 0.05) is 24.8 Å². The molecule has 1 aromatic rings. The summed E-state index contributed by atoms with van der Waals surface area (Å²) in [4.78, 5) is 4.76. The van der Waals surface area contributed by atoms with Crippen molar-refractivity contribution in [3.8, 4) is 0 Å². The molecule has 2 rings (SSSR count). The van der Waals surface area contributed by atoms with Gasteiger partial charge in [0.2, 0.25) is 0 Å². The third kappa shape index (κ3) is 3.91. The number of anilines is 1. The summed E-state index contributed by atoms with van der Waals surface area (Å²) >= 11 is 5.59. The van der Waals surface area contributed by atoms with Crippen LogP contribution in [0.15, 0.2) is 30.3 Å². The van der Waals surface area contributed by atoms with Gasteiger partial charge in [-0.25, -0.2) is 0 Å². The Bertz CT molecular complexity index is 407. The molecule has 1 unspecified atom stereocenters. The predicted molar refractivity (Wildman–Crippen MR) is 85.6 cm³/mol. The normalized spacial score (nSPS) is 20.9. The minimum absolute atomic E-state index is 0.510. The van der Waals surface area contributed by atoms with Crippen molar-refractivity contribution in [2.45, 2.75) is 25.8 Å². The standard InChI is InChI=1S/C15H23N3S/c1-3-14-12-17(2)10-7-11-18(14)15(19)16-13-8-5-4-6-9-13/h4-6,8-9,14H,3,7,10-12H2,1-2H3,(H,16,19). The van der Waals surface area contributed by atoms with Crippen LogP contribution in [0.2, 0.25) is 0 Å². The van der Waals surface area contributed by atoms with E-state index in [0.29, 0.717) is 6.04 Å². The van der Waals surface area contributed by atoms with Crippen LogP contribution in [0.1, 0.15) is 19.8 Å². The highest BCUT2D eigenvalue weighted by Gasteiger charge is 2.23. The molecule has 1 aliphatic rings. The Labute approximate surface area is 121 Å². The van der Waals surface area contributed by atoms with E-state index in [0.717, 1.165) is 36.9 Å². The Morgan fingerprint density at radius 2 is 2.05 bits per heavy atom. The molecule has 0 aromatic heterocycles. The molecule has 0 spiro atoms. The molecule has 1 N–H and O–H groups in total. The van der Waals surface area contributed by atoms with E-state index in [-0.39, 0.29) is 0 Å². The Morgan fingerprint density at radius 3 is 2.74 bits per heavy atom. The molecule has 1 heterocycles. The zero-order chi connectivity index (χ0) is 13.7. The summed E-state index contributed by atoms with van der Waals surface area (Å²) in [7, 11) is 2.19. The summed E-state index contributed by atoms with van der Waals surface area (Å²) in [6.07, 6.45) is 2.30. The van der Waals surface area contributed by atoms with E-state index in [1.54, 1.807) is 0 Å². The van der Waals surface area contributed by atoms with Crippen LogP contribution in [0.3, 0.4) is 0 Å². The second kappa shape index (κ2) is 6.87. The molecule has 0 amide bonds. The second-order valence-corrected chi connectivity index (χ2v) is 5.55. The van der Waals surface area contributed by atoms with Crippen molar-refractivity contribution in [2.24, 2.45) is 0 Å². The van der Waals surface area contributed by atoms with Crippen LogP contribution in [0.25, 0.3) is 0 Å². The first-order valence-electron chi connectivity index (χ1n) is 7.02. The lowest BCUT2D eigenvalue weighted by Gasteiger charge is -2.32. The number of rotatable bonds is 2. The average molecular weight is 277 g/mol. The molecule has 0 bridgehead atoms. The fourth-order valence-electron chi connectivity index (χ4n) is 2.58. The predicted octanol–water partition coefficient (Wildman–Crippen LogP) is 2.80. The van der Waals surface area contributed by atoms with E-state index >= 15 is 0 Å². The van der Waals surface area contributed by atoms with Crippen molar-refractivity contribution in [1.82, 2.24) is 9.80 Å². The number of likely N-dealkylation sites (N-methyl/N-ethyl adjacent to an activating group) is 1. The lowest BCUT2D eigenvalue weighted by Crippen LogP contribution is -2.45. The second-order valence-electron chi connectivity index (χ2n) is 5.17. The monoisotopic (exact) mass is 277 g/mol. The van der Waals surface area contributed by atoms with E-state index in [4.69, 9.17) is 12.2 Å². The molecule has 1 atom stereocenters. The molecule has 19 heavy (non-hydrogen) atoms. The molecular weight excluding hydrogens is 254 g/mol. The van der Waals surface area contributed by atoms with E-state index in [1.807, 2.05) is 18.2 Å². The van der Waals surface area contributed by atoms with E-state index in [1.165, 1.54) is 6.42 Å². The van der Waals surface area contributed by atoms with Gasteiger partial charge in [0.1, 0.15) is 0 Å². The zero-order valence-corrected chi connectivity index (χ0v) is 12.6. The van der Waals surface area contributed by atoms with Crippen LogP contribution < -0.4 is 5.32 Å². The average Bonchev–Trinajstić information content (AvgIpc) is 2.61. The van der Waals surface area contributed by atoms with Crippen molar-refractivity contribution < 1.29 is 0 Å². The van der Waals surface area contributed by atoms with Crippen LogP contribution >= 0.6 is 12.2 Å². The number of benzene rings is 1. The van der Waals surface area contributed by atoms with Gasteiger partial charge >= 0.3 is 0 Å². The number of hydrogen-bond donors (Lipinski definition) is 1. The molecule has 4 heteroatoms. The van der Waals surface area contributed by atoms with Gasteiger partial charge in [-0.05, 0) is 50.8 Å². The first-order chi connectivity index (χ1) is 9.20. The molecule has 1 aromatic carbocycles. The Kier molecular flexibility index (Phi) is 5.16. The smallest absolute Gasteiger partial charge is 0.173 e. The maximum Gasteiger partial charge on any atom is 0.173 e. The fraction of sp³-hybridized carbons (Fsp3) is 0.533. The first kappa shape index (κ1) is 14.3. The van der Waals surface area contributed by atoms with Gasteiger partial charge < -0.3 is 15.1 Å². The number of para-hydroxylation sites is 1. The molecule has 0 radical (unpaired) electrons. The van der Waals surface area contributed by atoms with Crippen LogP contribution in [0.4, 0.5) is 5.69 Å². The van der Waals surface area contributed by atoms with Crippen molar-refractivity contribution in [3.63, 3.8) is 0 Å². The number of hydrogen-bond acceptors (Lipinski definition) is 2. The third-order valence-electron chi connectivity index (χ3n) is 3.66. The molecule has 3 nitrogen and oxygen atoms in total. The molecule has 104 valence electrons. The van der Waals surface area contributed by atoms with Crippen LogP contribution in [-0.4, -0.2) is 47.6 Å². The van der Waals surface area contributed by atoms with Gasteiger partial charge in [0.15, 0.2) is 5.11 Å². The lowest BCUT2D eigenvalue weighted by atomic mass is 10.2. The highest BCUT2D eigenvalue weighted by molar-refractivity contribution is 7.80. The van der Waals surface area contributed by atoms with Gasteiger partial charge in [0.25, 0.3) is 0 Å². The van der Waals surface area contributed by atoms with Crippen molar-refractivity contribution in [3.05, 3.63) is 30.3 Å². The maximum absolute atomic E-state index is 5.59. The summed E-state index contributed by atoms with van der Waals surface area (Å²) in [6, 6.07) is 10.7. The summed E-state index contributed by atoms with van der Waals surface area (Å²) in [5, 5.41) is 4.21. The highest BCUT2D eigenvalue weighted by atomic mass is 32.1. The summed E-state index contributed by atoms with van der Waals surface area (Å²) < 4.78 is 0. The van der Waals surface area contributed by atoms with Crippen molar-refractivity contribution in [2.75, 3.05) is 32.0 Å². The molecule has 0 aliphatic carbocycles. The van der Waals surface area contributed by atoms with Crippen LogP contribution in [0.5, 0.6) is 0 Å². The Hall–Kier alpha value is -1.13. The molecule has 1 aliphatic heterocycles. The SMILES string of the molecule is CCC1CN(C)CCCN1C(=S)Nc1ccccc1. The van der Waals surface area contributed by atoms with Crippen molar-refractivity contribution in [1.29, 1.82) is 0 Å². The largest absolute Gasteiger partial charge is 0.345 e. The summed E-state index contributed by atoms with van der Waals surface area (Å²) in [5.74, 6) is 0. The molecular formula is C15H23N3S. The minimum atomic E-state index is 0.510. The van der Waals surface area contributed by atoms with Crippen LogP contribution in [0, 0.1) is 0 Å². The lowest BCUT2D eigenvalue weighted by molar-refractivity contribution is 0.266. The zero-order valence-electron chi connectivity index (χ0n) is 11.8. The van der Waals surface area contributed by atoms with Crippen molar-refractivity contribution >= 4 is 23.0 Å². The van der Waals surface area contributed by atoms with Crippen LogP contribution in [-0.2, 0) is 0 Å². The van der Waals surface area contributed by atoms with Gasteiger partial charge in [-0.3, -0.25) is 0 Å². The molecule has 0 saturated carbocycles. The van der Waals surface area contributed by atoms with Gasteiger partial charge in [0.05, 0.1) is 0 Å². The fourth-order valence-corrected chi connectivity index (χ4v) is 2.93. The topological polar surface area (TPSA) is 18.5 Å². The summed E-state index contributed by atoms with van der Waals surface area (Å²) in [6.45, 7) is 5.53. The van der Waals surface area contributed by atoms with Gasteiger partial charge in [-0.15, -0.1) is 0 Å². The van der Waals surface area contributed by atoms with Gasteiger partial charge in [-0.1, -0.05) is 25.1 Å². The van der Waals surface area contributed by atoms with E-state index in [9.17, 15) is 0 Å².